The Bertz CT molecular complexity index is 845. The zero-order valence-electron chi connectivity index (χ0n) is 13.2. The summed E-state index contributed by atoms with van der Waals surface area (Å²) in [6, 6.07) is 10.1. The monoisotopic (exact) mass is 406 g/mol. The van der Waals surface area contributed by atoms with Crippen LogP contribution in [-0.4, -0.2) is 27.7 Å². The summed E-state index contributed by atoms with van der Waals surface area (Å²) in [7, 11) is 1.54. The van der Waals surface area contributed by atoms with Crippen LogP contribution in [0.3, 0.4) is 0 Å². The van der Waals surface area contributed by atoms with Crippen molar-refractivity contribution in [2.75, 3.05) is 7.11 Å². The van der Waals surface area contributed by atoms with Gasteiger partial charge in [0.1, 0.15) is 12.4 Å². The van der Waals surface area contributed by atoms with Crippen LogP contribution >= 0.6 is 15.9 Å². The fraction of sp³-hybridized carbons (Fsp3) is 0.188. The SMILES string of the molecule is COc1cc(C[N-]c2nn[nH]n2)cc(Br)c1OCc1ccccc1F. The number of hydrogen-bond donors (Lipinski definition) is 1. The predicted molar refractivity (Wildman–Crippen MR) is 92.3 cm³/mol. The predicted octanol–water partition coefficient (Wildman–Crippen LogP) is 3.89. The molecule has 0 saturated carbocycles. The van der Waals surface area contributed by atoms with Gasteiger partial charge in [0.2, 0.25) is 0 Å². The molecule has 0 aliphatic carbocycles. The number of H-pyrrole nitrogens is 1. The van der Waals surface area contributed by atoms with E-state index in [1.807, 2.05) is 6.07 Å². The fourth-order valence-electron chi connectivity index (χ4n) is 2.16. The molecular weight excluding hydrogens is 393 g/mol. The second kappa shape index (κ2) is 7.93. The highest BCUT2D eigenvalue weighted by Crippen LogP contribution is 2.38. The minimum atomic E-state index is -0.312. The van der Waals surface area contributed by atoms with Crippen LogP contribution in [0.2, 0.25) is 0 Å². The fourth-order valence-corrected chi connectivity index (χ4v) is 2.76. The van der Waals surface area contributed by atoms with Gasteiger partial charge in [-0.25, -0.2) is 4.39 Å². The molecule has 130 valence electrons. The van der Waals surface area contributed by atoms with Crippen molar-refractivity contribution in [1.29, 1.82) is 0 Å². The highest BCUT2D eigenvalue weighted by molar-refractivity contribution is 9.10. The molecule has 7 nitrogen and oxygen atoms in total. The van der Waals surface area contributed by atoms with Gasteiger partial charge in [-0.05, 0) is 39.7 Å². The van der Waals surface area contributed by atoms with E-state index in [2.05, 4.69) is 41.9 Å². The summed E-state index contributed by atoms with van der Waals surface area (Å²) < 4.78 is 25.5. The van der Waals surface area contributed by atoms with Crippen molar-refractivity contribution in [1.82, 2.24) is 20.6 Å². The lowest BCUT2D eigenvalue weighted by Crippen LogP contribution is -2.01. The van der Waals surface area contributed by atoms with Gasteiger partial charge in [-0.1, -0.05) is 18.2 Å². The average Bonchev–Trinajstić information content (AvgIpc) is 3.13. The van der Waals surface area contributed by atoms with Crippen molar-refractivity contribution in [3.8, 4) is 11.5 Å². The van der Waals surface area contributed by atoms with E-state index in [4.69, 9.17) is 9.47 Å². The number of ether oxygens (including phenoxy) is 2. The van der Waals surface area contributed by atoms with Crippen molar-refractivity contribution >= 4 is 21.9 Å². The Balaban J connectivity index is 1.74. The topological polar surface area (TPSA) is 87.0 Å². The molecule has 3 aromatic rings. The number of tetrazole rings is 1. The smallest absolute Gasteiger partial charge is 0.175 e. The second-order valence-electron chi connectivity index (χ2n) is 5.02. The van der Waals surface area contributed by atoms with E-state index in [1.165, 1.54) is 13.2 Å². The molecule has 1 aromatic heterocycles. The molecule has 9 heteroatoms. The molecule has 0 unspecified atom stereocenters. The Labute approximate surface area is 151 Å². The van der Waals surface area contributed by atoms with Crippen molar-refractivity contribution in [3.05, 3.63) is 63.1 Å². The molecule has 0 amide bonds. The zero-order valence-corrected chi connectivity index (χ0v) is 14.8. The number of nitrogens with zero attached hydrogens (tertiary/aromatic N) is 4. The molecule has 0 spiro atoms. The van der Waals surface area contributed by atoms with E-state index in [0.29, 0.717) is 28.1 Å². The van der Waals surface area contributed by atoms with Gasteiger partial charge >= 0.3 is 0 Å². The molecular formula is C16H14BrFN5O2-. The molecule has 1 heterocycles. The van der Waals surface area contributed by atoms with Crippen LogP contribution in [0, 0.1) is 5.82 Å². The van der Waals surface area contributed by atoms with Gasteiger partial charge in [0.25, 0.3) is 0 Å². The van der Waals surface area contributed by atoms with E-state index in [9.17, 15) is 4.39 Å². The highest BCUT2D eigenvalue weighted by atomic mass is 79.9. The molecule has 0 atom stereocenters. The number of nitrogens with one attached hydrogen (secondary N) is 1. The summed E-state index contributed by atoms with van der Waals surface area (Å²) in [4.78, 5) is 0. The number of halogens is 2. The maximum absolute atomic E-state index is 13.7. The molecule has 0 aliphatic rings. The first kappa shape index (κ1) is 17.2. The van der Waals surface area contributed by atoms with E-state index in [1.54, 1.807) is 24.3 Å². The lowest BCUT2D eigenvalue weighted by molar-refractivity contribution is 0.277. The van der Waals surface area contributed by atoms with Crippen molar-refractivity contribution in [2.24, 2.45) is 0 Å². The van der Waals surface area contributed by atoms with Crippen LogP contribution in [0.25, 0.3) is 5.32 Å². The van der Waals surface area contributed by atoms with Gasteiger partial charge in [0.05, 0.1) is 17.5 Å². The number of rotatable bonds is 7. The number of aromatic nitrogens is 4. The molecule has 0 fully saturated rings. The second-order valence-corrected chi connectivity index (χ2v) is 5.87. The van der Waals surface area contributed by atoms with Crippen molar-refractivity contribution < 1.29 is 13.9 Å². The van der Waals surface area contributed by atoms with Gasteiger partial charge < -0.3 is 14.8 Å². The summed E-state index contributed by atoms with van der Waals surface area (Å²) in [5.41, 5.74) is 1.33. The third-order valence-electron chi connectivity index (χ3n) is 3.36. The summed E-state index contributed by atoms with van der Waals surface area (Å²) in [6.45, 7) is 0.441. The number of methoxy groups -OCH3 is 1. The Morgan fingerprint density at radius 1 is 1.28 bits per heavy atom. The number of benzene rings is 2. The summed E-state index contributed by atoms with van der Waals surface area (Å²) in [5.74, 6) is 0.973. The lowest BCUT2D eigenvalue weighted by Gasteiger charge is -2.15. The Kier molecular flexibility index (Phi) is 5.44. The highest BCUT2D eigenvalue weighted by Gasteiger charge is 2.13. The first-order chi connectivity index (χ1) is 12.2. The summed E-state index contributed by atoms with van der Waals surface area (Å²) in [5, 5.41) is 17.5. The maximum Gasteiger partial charge on any atom is 0.175 e. The number of hydrogen-bond acceptors (Lipinski definition) is 5. The van der Waals surface area contributed by atoms with E-state index >= 15 is 0 Å². The van der Waals surface area contributed by atoms with Crippen LogP contribution in [0.5, 0.6) is 11.5 Å². The van der Waals surface area contributed by atoms with Crippen LogP contribution in [0.4, 0.5) is 10.3 Å². The minimum Gasteiger partial charge on any atom is -0.493 e. The molecule has 0 saturated heterocycles. The van der Waals surface area contributed by atoms with Crippen LogP contribution in [0.15, 0.2) is 40.9 Å². The van der Waals surface area contributed by atoms with Crippen LogP contribution in [0.1, 0.15) is 11.1 Å². The van der Waals surface area contributed by atoms with Gasteiger partial charge in [0, 0.05) is 12.1 Å². The molecule has 0 radical (unpaired) electrons. The number of aromatic amines is 1. The molecule has 1 N–H and O–H groups in total. The third-order valence-corrected chi connectivity index (χ3v) is 3.95. The Hall–Kier alpha value is -2.68. The zero-order chi connectivity index (χ0) is 17.6. The molecule has 0 bridgehead atoms. The summed E-state index contributed by atoms with van der Waals surface area (Å²) >= 11 is 3.46. The summed E-state index contributed by atoms with van der Waals surface area (Å²) in [6.07, 6.45) is 0. The Morgan fingerprint density at radius 3 is 2.84 bits per heavy atom. The van der Waals surface area contributed by atoms with Gasteiger partial charge in [-0.2, -0.15) is 0 Å². The van der Waals surface area contributed by atoms with Crippen LogP contribution in [-0.2, 0) is 13.2 Å². The van der Waals surface area contributed by atoms with Gasteiger partial charge in [-0.3, -0.25) is 15.4 Å². The van der Waals surface area contributed by atoms with E-state index in [-0.39, 0.29) is 18.4 Å². The third kappa shape index (κ3) is 4.24. The average molecular weight is 407 g/mol. The quantitative estimate of drug-likeness (QED) is 0.642. The minimum absolute atomic E-state index is 0.0915. The first-order valence-corrected chi connectivity index (χ1v) is 8.10. The Morgan fingerprint density at radius 2 is 2.12 bits per heavy atom. The normalized spacial score (nSPS) is 10.5. The molecule has 2 aromatic carbocycles. The van der Waals surface area contributed by atoms with Gasteiger partial charge in [-0.15, -0.1) is 5.21 Å². The lowest BCUT2D eigenvalue weighted by atomic mass is 10.2. The van der Waals surface area contributed by atoms with Crippen LogP contribution < -0.4 is 9.47 Å². The standard InChI is InChI=1S/C16H14BrFN5O2/c1-24-14-7-10(8-19-16-20-22-23-21-16)6-12(17)15(14)25-9-11-4-2-3-5-13(11)18/h2-7H,8-9H2,1H3,(H-,19,20,21,22,23)/q-1. The first-order valence-electron chi connectivity index (χ1n) is 7.31. The maximum atomic E-state index is 13.7. The molecule has 3 rings (SSSR count). The van der Waals surface area contributed by atoms with Gasteiger partial charge in [0.15, 0.2) is 11.5 Å². The van der Waals surface area contributed by atoms with E-state index in [0.717, 1.165) is 5.56 Å². The van der Waals surface area contributed by atoms with Crippen molar-refractivity contribution in [3.63, 3.8) is 0 Å². The van der Waals surface area contributed by atoms with E-state index < -0.39 is 0 Å². The van der Waals surface area contributed by atoms with Crippen molar-refractivity contribution in [2.45, 2.75) is 13.2 Å². The largest absolute Gasteiger partial charge is 0.493 e. The molecule has 0 aliphatic heterocycles. The molecule has 25 heavy (non-hydrogen) atoms.